The van der Waals surface area contributed by atoms with Crippen molar-refractivity contribution in [1.29, 1.82) is 0 Å². The molecular formula is C14H16N2O4. The van der Waals surface area contributed by atoms with Crippen LogP contribution in [-0.2, 0) is 4.79 Å². The third-order valence-corrected chi connectivity index (χ3v) is 2.84. The highest BCUT2D eigenvalue weighted by molar-refractivity contribution is 5.78. The summed E-state index contributed by atoms with van der Waals surface area (Å²) in [5.74, 6) is -0.296. The minimum atomic E-state index is -0.948. The zero-order valence-electron chi connectivity index (χ0n) is 11.1. The highest BCUT2D eigenvalue weighted by atomic mass is 16.4. The smallest absolute Gasteiger partial charge is 0.315 e. The van der Waals surface area contributed by atoms with Gasteiger partial charge in [-0.15, -0.1) is 0 Å². The van der Waals surface area contributed by atoms with Crippen LogP contribution in [-0.4, -0.2) is 23.7 Å². The van der Waals surface area contributed by atoms with Crippen molar-refractivity contribution in [1.82, 2.24) is 10.6 Å². The van der Waals surface area contributed by atoms with E-state index in [0.29, 0.717) is 5.76 Å². The number of carboxylic acid groups (broad SMARTS) is 1. The van der Waals surface area contributed by atoms with E-state index in [0.717, 1.165) is 11.0 Å². The van der Waals surface area contributed by atoms with E-state index >= 15 is 0 Å². The number of carboxylic acids is 1. The molecule has 0 saturated carbocycles. The number of hydrogen-bond donors (Lipinski definition) is 3. The van der Waals surface area contributed by atoms with Crippen molar-refractivity contribution in [3.63, 3.8) is 0 Å². The maximum Gasteiger partial charge on any atom is 0.315 e. The Morgan fingerprint density at radius 1 is 1.35 bits per heavy atom. The van der Waals surface area contributed by atoms with Gasteiger partial charge in [0.1, 0.15) is 11.3 Å². The summed E-state index contributed by atoms with van der Waals surface area (Å²) in [6, 6.07) is 8.74. The number of urea groups is 1. The molecule has 0 spiro atoms. The molecule has 6 nitrogen and oxygen atoms in total. The first-order valence-electron chi connectivity index (χ1n) is 6.31. The van der Waals surface area contributed by atoms with Crippen molar-refractivity contribution in [3.8, 4) is 0 Å². The lowest BCUT2D eigenvalue weighted by Gasteiger charge is -2.11. The Balaban J connectivity index is 1.92. The number of aliphatic carboxylic acids is 1. The number of rotatable bonds is 5. The first-order valence-corrected chi connectivity index (χ1v) is 6.31. The van der Waals surface area contributed by atoms with Crippen molar-refractivity contribution >= 4 is 23.0 Å². The van der Waals surface area contributed by atoms with E-state index in [-0.39, 0.29) is 19.0 Å². The van der Waals surface area contributed by atoms with E-state index in [1.165, 1.54) is 0 Å². The van der Waals surface area contributed by atoms with Crippen molar-refractivity contribution < 1.29 is 19.1 Å². The first kappa shape index (κ1) is 13.9. The molecule has 6 heteroatoms. The second kappa shape index (κ2) is 6.10. The van der Waals surface area contributed by atoms with E-state index in [1.54, 1.807) is 6.92 Å². The minimum Gasteiger partial charge on any atom is -0.481 e. The van der Waals surface area contributed by atoms with Gasteiger partial charge in [0.15, 0.2) is 0 Å². The lowest BCUT2D eigenvalue weighted by atomic mass is 10.2. The van der Waals surface area contributed by atoms with Crippen molar-refractivity contribution in [2.24, 2.45) is 0 Å². The summed E-state index contributed by atoms with van der Waals surface area (Å²) >= 11 is 0. The zero-order chi connectivity index (χ0) is 14.5. The van der Waals surface area contributed by atoms with Crippen molar-refractivity contribution in [3.05, 3.63) is 36.1 Å². The lowest BCUT2D eigenvalue weighted by Crippen LogP contribution is -2.37. The Morgan fingerprint density at radius 2 is 2.10 bits per heavy atom. The van der Waals surface area contributed by atoms with Crippen LogP contribution in [0.4, 0.5) is 4.79 Å². The van der Waals surface area contributed by atoms with E-state index in [1.807, 2.05) is 30.3 Å². The molecule has 3 N–H and O–H groups in total. The Kier molecular flexibility index (Phi) is 4.24. The fourth-order valence-corrected chi connectivity index (χ4v) is 1.82. The lowest BCUT2D eigenvalue weighted by molar-refractivity contribution is -0.136. The van der Waals surface area contributed by atoms with Crippen LogP contribution in [0.1, 0.15) is 25.1 Å². The van der Waals surface area contributed by atoms with Gasteiger partial charge >= 0.3 is 12.0 Å². The summed E-state index contributed by atoms with van der Waals surface area (Å²) in [5.41, 5.74) is 0.766. The van der Waals surface area contributed by atoms with Gasteiger partial charge in [-0.1, -0.05) is 18.2 Å². The molecule has 1 atom stereocenters. The number of amides is 2. The van der Waals surface area contributed by atoms with Crippen LogP contribution in [0.5, 0.6) is 0 Å². The van der Waals surface area contributed by atoms with Crippen LogP contribution in [0.3, 0.4) is 0 Å². The second-order valence-corrected chi connectivity index (χ2v) is 4.45. The fourth-order valence-electron chi connectivity index (χ4n) is 1.82. The van der Waals surface area contributed by atoms with Crippen molar-refractivity contribution in [2.75, 3.05) is 6.54 Å². The van der Waals surface area contributed by atoms with Crippen LogP contribution in [0.2, 0.25) is 0 Å². The molecule has 106 valence electrons. The quantitative estimate of drug-likeness (QED) is 0.781. The van der Waals surface area contributed by atoms with Gasteiger partial charge in [-0.25, -0.2) is 4.79 Å². The molecular weight excluding hydrogens is 260 g/mol. The molecule has 0 aliphatic rings. The highest BCUT2D eigenvalue weighted by Crippen LogP contribution is 2.23. The molecule has 0 fully saturated rings. The summed E-state index contributed by atoms with van der Waals surface area (Å²) in [7, 11) is 0. The van der Waals surface area contributed by atoms with E-state index in [2.05, 4.69) is 10.6 Å². The Hall–Kier alpha value is -2.50. The molecule has 2 aromatic rings. The third kappa shape index (κ3) is 3.50. The minimum absolute atomic E-state index is 0.0913. The number of fused-ring (bicyclic) bond motifs is 1. The molecule has 0 radical (unpaired) electrons. The van der Waals surface area contributed by atoms with Crippen LogP contribution >= 0.6 is 0 Å². The summed E-state index contributed by atoms with van der Waals surface area (Å²) in [5, 5.41) is 14.6. The number of nitrogens with one attached hydrogen (secondary N) is 2. The van der Waals surface area contributed by atoms with E-state index in [9.17, 15) is 9.59 Å². The normalized spacial score (nSPS) is 12.1. The standard InChI is InChI=1S/C14H16N2O4/c1-9(16-14(19)15-7-6-13(17)18)12-8-10-4-2-3-5-11(10)20-12/h2-5,8-9H,6-7H2,1H3,(H,17,18)(H2,15,16,19). The summed E-state index contributed by atoms with van der Waals surface area (Å²) < 4.78 is 5.64. The molecule has 0 aliphatic carbocycles. The maximum atomic E-state index is 11.6. The number of carbonyl (C=O) groups excluding carboxylic acids is 1. The average molecular weight is 276 g/mol. The van der Waals surface area contributed by atoms with Crippen LogP contribution in [0.15, 0.2) is 34.7 Å². The van der Waals surface area contributed by atoms with Crippen LogP contribution in [0.25, 0.3) is 11.0 Å². The fraction of sp³-hybridized carbons (Fsp3) is 0.286. The molecule has 0 saturated heterocycles. The topological polar surface area (TPSA) is 91.6 Å². The zero-order valence-corrected chi connectivity index (χ0v) is 11.1. The molecule has 0 aliphatic heterocycles. The van der Waals surface area contributed by atoms with Gasteiger partial charge in [-0.2, -0.15) is 0 Å². The highest BCUT2D eigenvalue weighted by Gasteiger charge is 2.13. The number of carbonyl (C=O) groups is 2. The largest absolute Gasteiger partial charge is 0.481 e. The number of benzene rings is 1. The van der Waals surface area contributed by atoms with Gasteiger partial charge in [0.2, 0.25) is 0 Å². The number of hydrogen-bond acceptors (Lipinski definition) is 3. The number of para-hydroxylation sites is 1. The summed E-state index contributed by atoms with van der Waals surface area (Å²) in [6.07, 6.45) is -0.105. The van der Waals surface area contributed by atoms with Gasteiger partial charge in [0.05, 0.1) is 12.5 Å². The Labute approximate surface area is 115 Å². The molecule has 1 aromatic heterocycles. The first-order chi connectivity index (χ1) is 9.56. The van der Waals surface area contributed by atoms with Gasteiger partial charge in [0.25, 0.3) is 0 Å². The van der Waals surface area contributed by atoms with Gasteiger partial charge in [-0.05, 0) is 19.1 Å². The molecule has 2 rings (SSSR count). The van der Waals surface area contributed by atoms with Crippen LogP contribution < -0.4 is 10.6 Å². The third-order valence-electron chi connectivity index (χ3n) is 2.84. The predicted molar refractivity (Wildman–Crippen MR) is 73.4 cm³/mol. The van der Waals surface area contributed by atoms with Gasteiger partial charge in [-0.3, -0.25) is 4.79 Å². The van der Waals surface area contributed by atoms with Crippen LogP contribution in [0, 0.1) is 0 Å². The van der Waals surface area contributed by atoms with Crippen molar-refractivity contribution in [2.45, 2.75) is 19.4 Å². The maximum absolute atomic E-state index is 11.6. The predicted octanol–water partition coefficient (Wildman–Crippen LogP) is 2.27. The van der Waals surface area contributed by atoms with Gasteiger partial charge < -0.3 is 20.2 Å². The summed E-state index contributed by atoms with van der Waals surface area (Å²) in [4.78, 5) is 21.9. The molecule has 0 bridgehead atoms. The Morgan fingerprint density at radius 3 is 2.80 bits per heavy atom. The SMILES string of the molecule is CC(NC(=O)NCCC(=O)O)c1cc2ccccc2o1. The molecule has 1 aromatic carbocycles. The number of furan rings is 1. The average Bonchev–Trinajstić information content (AvgIpc) is 2.82. The second-order valence-electron chi connectivity index (χ2n) is 4.45. The molecule has 20 heavy (non-hydrogen) atoms. The monoisotopic (exact) mass is 276 g/mol. The molecule has 2 amide bonds. The molecule has 1 unspecified atom stereocenters. The van der Waals surface area contributed by atoms with E-state index < -0.39 is 12.0 Å². The van der Waals surface area contributed by atoms with Gasteiger partial charge in [0, 0.05) is 11.9 Å². The summed E-state index contributed by atoms with van der Waals surface area (Å²) in [6.45, 7) is 1.89. The van der Waals surface area contributed by atoms with E-state index in [4.69, 9.17) is 9.52 Å². The molecule has 1 heterocycles. The Bertz CT molecular complexity index is 587.